The van der Waals surface area contributed by atoms with Crippen molar-refractivity contribution in [2.24, 2.45) is 16.8 Å². The van der Waals surface area contributed by atoms with Crippen LogP contribution in [-0.2, 0) is 0 Å². The monoisotopic (exact) mass is 257 g/mol. The van der Waals surface area contributed by atoms with Crippen LogP contribution in [0, 0.1) is 5.92 Å². The van der Waals surface area contributed by atoms with Gasteiger partial charge >= 0.3 is 0 Å². The lowest BCUT2D eigenvalue weighted by Gasteiger charge is -2.36. The maximum Gasteiger partial charge on any atom is 0.140 e. The molecule has 0 spiro atoms. The number of nitrogens with two attached hydrogens (primary N) is 1. The summed E-state index contributed by atoms with van der Waals surface area (Å²) in [6, 6.07) is 0.155. The van der Waals surface area contributed by atoms with Crippen LogP contribution < -0.4 is 11.1 Å². The first-order valence-corrected chi connectivity index (χ1v) is 6.91. The molecule has 0 aromatic rings. The SMILES string of the molecule is CCC(CC(N)=NO)NCC1(O)CCCC(C)C1. The summed E-state index contributed by atoms with van der Waals surface area (Å²) in [5, 5.41) is 25.4. The molecule has 1 saturated carbocycles. The second-order valence-electron chi connectivity index (χ2n) is 5.71. The maximum atomic E-state index is 10.5. The van der Waals surface area contributed by atoms with Crippen LogP contribution in [0.15, 0.2) is 5.16 Å². The van der Waals surface area contributed by atoms with Crippen molar-refractivity contribution in [3.05, 3.63) is 0 Å². The minimum Gasteiger partial charge on any atom is -0.409 e. The Morgan fingerprint density at radius 1 is 1.61 bits per heavy atom. The summed E-state index contributed by atoms with van der Waals surface area (Å²) in [5.41, 5.74) is 4.92. The van der Waals surface area contributed by atoms with Crippen LogP contribution in [0.1, 0.15) is 52.4 Å². The van der Waals surface area contributed by atoms with Gasteiger partial charge in [-0.05, 0) is 25.2 Å². The molecule has 0 saturated heterocycles. The maximum absolute atomic E-state index is 10.5. The van der Waals surface area contributed by atoms with Crippen LogP contribution in [0.25, 0.3) is 0 Å². The summed E-state index contributed by atoms with van der Waals surface area (Å²) in [6.07, 6.45) is 5.44. The smallest absolute Gasteiger partial charge is 0.140 e. The van der Waals surface area contributed by atoms with E-state index in [0.29, 0.717) is 18.9 Å². The molecular formula is C13H27N3O2. The van der Waals surface area contributed by atoms with Crippen LogP contribution in [0.5, 0.6) is 0 Å². The van der Waals surface area contributed by atoms with E-state index in [4.69, 9.17) is 10.9 Å². The highest BCUT2D eigenvalue weighted by Gasteiger charge is 2.32. The predicted octanol–water partition coefficient (Wildman–Crippen LogP) is 1.43. The summed E-state index contributed by atoms with van der Waals surface area (Å²) in [6.45, 7) is 4.84. The molecule has 0 heterocycles. The highest BCUT2D eigenvalue weighted by atomic mass is 16.4. The molecule has 3 unspecified atom stereocenters. The normalized spacial score (nSPS) is 31.3. The first-order valence-electron chi connectivity index (χ1n) is 6.91. The Morgan fingerprint density at radius 3 is 2.89 bits per heavy atom. The van der Waals surface area contributed by atoms with Gasteiger partial charge in [-0.25, -0.2) is 0 Å². The lowest BCUT2D eigenvalue weighted by Crippen LogP contribution is -2.47. The van der Waals surface area contributed by atoms with Crippen LogP contribution in [0.2, 0.25) is 0 Å². The largest absolute Gasteiger partial charge is 0.409 e. The molecular weight excluding hydrogens is 230 g/mol. The van der Waals surface area contributed by atoms with Gasteiger partial charge in [0.25, 0.3) is 0 Å². The van der Waals surface area contributed by atoms with Crippen molar-refractivity contribution in [2.75, 3.05) is 6.54 Å². The Hall–Kier alpha value is -0.810. The fraction of sp³-hybridized carbons (Fsp3) is 0.923. The molecule has 0 aromatic heterocycles. The van der Waals surface area contributed by atoms with Crippen molar-refractivity contribution < 1.29 is 10.3 Å². The number of amidine groups is 1. The summed E-state index contributed by atoms with van der Waals surface area (Å²) in [7, 11) is 0. The van der Waals surface area contributed by atoms with Crippen molar-refractivity contribution in [1.29, 1.82) is 0 Å². The highest BCUT2D eigenvalue weighted by molar-refractivity contribution is 5.80. The van der Waals surface area contributed by atoms with E-state index in [1.54, 1.807) is 0 Å². The third kappa shape index (κ3) is 4.82. The molecule has 5 nitrogen and oxygen atoms in total. The minimum atomic E-state index is -0.587. The standard InChI is InChI=1S/C13H27N3O2/c1-3-11(7-12(14)16-18)15-9-13(17)6-4-5-10(2)8-13/h10-11,15,17-18H,3-9H2,1-2H3,(H2,14,16). The molecule has 1 aliphatic carbocycles. The van der Waals surface area contributed by atoms with Crippen molar-refractivity contribution in [3.8, 4) is 0 Å². The van der Waals surface area contributed by atoms with Gasteiger partial charge in [-0.3, -0.25) is 0 Å². The molecule has 0 amide bonds. The Labute approximate surface area is 109 Å². The van der Waals surface area contributed by atoms with Gasteiger partial charge < -0.3 is 21.4 Å². The van der Waals surface area contributed by atoms with Crippen LogP contribution in [-0.4, -0.2) is 34.3 Å². The van der Waals surface area contributed by atoms with Crippen molar-refractivity contribution in [1.82, 2.24) is 5.32 Å². The number of nitrogens with one attached hydrogen (secondary N) is 1. The van der Waals surface area contributed by atoms with Crippen LogP contribution >= 0.6 is 0 Å². The average Bonchev–Trinajstić information content (AvgIpc) is 2.33. The van der Waals surface area contributed by atoms with Gasteiger partial charge in [-0.2, -0.15) is 0 Å². The fourth-order valence-electron chi connectivity index (χ4n) is 2.78. The average molecular weight is 257 g/mol. The molecule has 1 fully saturated rings. The summed E-state index contributed by atoms with van der Waals surface area (Å²) in [4.78, 5) is 0. The van der Waals surface area contributed by atoms with E-state index in [2.05, 4.69) is 24.3 Å². The van der Waals surface area contributed by atoms with Gasteiger partial charge in [0, 0.05) is 19.0 Å². The molecule has 0 aliphatic heterocycles. The third-order valence-electron chi connectivity index (χ3n) is 3.86. The molecule has 5 N–H and O–H groups in total. The van der Waals surface area contributed by atoms with E-state index in [1.165, 1.54) is 6.42 Å². The number of oxime groups is 1. The zero-order valence-electron chi connectivity index (χ0n) is 11.5. The summed E-state index contributed by atoms with van der Waals surface area (Å²) in [5.74, 6) is 0.827. The highest BCUT2D eigenvalue weighted by Crippen LogP contribution is 2.31. The van der Waals surface area contributed by atoms with E-state index in [1.807, 2.05) is 0 Å². The van der Waals surface area contributed by atoms with E-state index in [0.717, 1.165) is 25.7 Å². The zero-order chi connectivity index (χ0) is 13.6. The Morgan fingerprint density at radius 2 is 2.33 bits per heavy atom. The number of hydrogen-bond acceptors (Lipinski definition) is 4. The molecule has 18 heavy (non-hydrogen) atoms. The van der Waals surface area contributed by atoms with E-state index in [9.17, 15) is 5.11 Å². The molecule has 0 aromatic carbocycles. The van der Waals surface area contributed by atoms with Gasteiger partial charge in [0.1, 0.15) is 5.84 Å². The molecule has 0 bridgehead atoms. The first-order chi connectivity index (χ1) is 8.49. The minimum absolute atomic E-state index is 0.155. The number of hydrogen-bond donors (Lipinski definition) is 4. The van der Waals surface area contributed by atoms with Crippen molar-refractivity contribution >= 4 is 5.84 Å². The quantitative estimate of drug-likeness (QED) is 0.251. The number of nitrogens with zero attached hydrogens (tertiary/aromatic N) is 1. The van der Waals surface area contributed by atoms with Crippen LogP contribution in [0.3, 0.4) is 0 Å². The molecule has 5 heteroatoms. The molecule has 0 radical (unpaired) electrons. The molecule has 3 atom stereocenters. The van der Waals surface area contributed by atoms with Gasteiger partial charge in [0.05, 0.1) is 5.60 Å². The Bertz CT molecular complexity index is 283. The predicted molar refractivity (Wildman–Crippen MR) is 72.7 cm³/mol. The third-order valence-corrected chi connectivity index (χ3v) is 3.86. The summed E-state index contributed by atoms with van der Waals surface area (Å²) < 4.78 is 0. The zero-order valence-corrected chi connectivity index (χ0v) is 11.5. The van der Waals surface area contributed by atoms with Crippen LogP contribution in [0.4, 0.5) is 0 Å². The molecule has 1 rings (SSSR count). The van der Waals surface area contributed by atoms with Gasteiger partial charge in [-0.1, -0.05) is 31.8 Å². The number of rotatable bonds is 6. The van der Waals surface area contributed by atoms with Gasteiger partial charge in [0.15, 0.2) is 0 Å². The molecule has 106 valence electrons. The second kappa shape index (κ2) is 6.95. The Kier molecular flexibility index (Phi) is 5.88. The fourth-order valence-corrected chi connectivity index (χ4v) is 2.78. The lowest BCUT2D eigenvalue weighted by atomic mass is 9.79. The lowest BCUT2D eigenvalue weighted by molar-refractivity contribution is -0.0136. The van der Waals surface area contributed by atoms with E-state index >= 15 is 0 Å². The first kappa shape index (κ1) is 15.2. The number of aliphatic hydroxyl groups is 1. The van der Waals surface area contributed by atoms with Gasteiger partial charge in [-0.15, -0.1) is 0 Å². The second-order valence-corrected chi connectivity index (χ2v) is 5.71. The van der Waals surface area contributed by atoms with Crippen molar-refractivity contribution in [3.63, 3.8) is 0 Å². The van der Waals surface area contributed by atoms with Crippen molar-refractivity contribution in [2.45, 2.75) is 64.0 Å². The van der Waals surface area contributed by atoms with Gasteiger partial charge in [0.2, 0.25) is 0 Å². The summed E-state index contributed by atoms with van der Waals surface area (Å²) >= 11 is 0. The Balaban J connectivity index is 2.41. The molecule has 1 aliphatic rings. The van der Waals surface area contributed by atoms with E-state index in [-0.39, 0.29) is 11.9 Å². The van der Waals surface area contributed by atoms with E-state index < -0.39 is 5.60 Å². The topological polar surface area (TPSA) is 90.9 Å².